The molecule has 1 aromatic carbocycles. The van der Waals surface area contributed by atoms with Crippen molar-refractivity contribution < 1.29 is 14.3 Å². The SMILES string of the molecule is COC(=O)NCC(=O)Nc1nc(-c2ccccc2)cs1. The Morgan fingerprint density at radius 2 is 2.05 bits per heavy atom. The molecule has 0 atom stereocenters. The maximum Gasteiger partial charge on any atom is 0.407 e. The number of carbonyl (C=O) groups is 2. The van der Waals surface area contributed by atoms with E-state index in [9.17, 15) is 9.59 Å². The number of ether oxygens (including phenoxy) is 1. The lowest BCUT2D eigenvalue weighted by Gasteiger charge is -2.03. The van der Waals surface area contributed by atoms with Crippen molar-refractivity contribution in [3.8, 4) is 11.3 Å². The molecule has 0 aliphatic carbocycles. The molecule has 0 radical (unpaired) electrons. The summed E-state index contributed by atoms with van der Waals surface area (Å²) in [6, 6.07) is 9.66. The third-order valence-corrected chi connectivity index (χ3v) is 3.16. The highest BCUT2D eigenvalue weighted by atomic mass is 32.1. The van der Waals surface area contributed by atoms with Gasteiger partial charge in [-0.3, -0.25) is 4.79 Å². The Bertz CT molecular complexity index is 598. The quantitative estimate of drug-likeness (QED) is 0.904. The number of nitrogens with one attached hydrogen (secondary N) is 2. The number of aromatic nitrogens is 1. The van der Waals surface area contributed by atoms with Crippen LogP contribution in [0.4, 0.5) is 9.93 Å². The number of amides is 2. The minimum atomic E-state index is -0.649. The molecule has 0 saturated heterocycles. The fraction of sp³-hybridized carbons (Fsp3) is 0.154. The van der Waals surface area contributed by atoms with Crippen molar-refractivity contribution in [2.45, 2.75) is 0 Å². The van der Waals surface area contributed by atoms with Crippen LogP contribution in [0.2, 0.25) is 0 Å². The zero-order valence-electron chi connectivity index (χ0n) is 10.8. The number of anilines is 1. The number of methoxy groups -OCH3 is 1. The maximum atomic E-state index is 11.6. The molecule has 6 nitrogen and oxygen atoms in total. The average molecular weight is 291 g/mol. The third-order valence-electron chi connectivity index (χ3n) is 2.40. The van der Waals surface area contributed by atoms with Crippen LogP contribution in [0.5, 0.6) is 0 Å². The predicted molar refractivity (Wildman–Crippen MR) is 76.6 cm³/mol. The van der Waals surface area contributed by atoms with E-state index in [1.165, 1.54) is 18.4 Å². The fourth-order valence-electron chi connectivity index (χ4n) is 1.46. The average Bonchev–Trinajstić information content (AvgIpc) is 2.94. The van der Waals surface area contributed by atoms with Crippen LogP contribution in [0.25, 0.3) is 11.3 Å². The standard InChI is InChI=1S/C13H13N3O3S/c1-19-13(18)14-7-11(17)16-12-15-10(8-20-12)9-5-3-2-4-6-9/h2-6,8H,7H2,1H3,(H,14,18)(H,15,16,17). The molecule has 7 heteroatoms. The van der Waals surface area contributed by atoms with E-state index in [1.54, 1.807) is 0 Å². The summed E-state index contributed by atoms with van der Waals surface area (Å²) in [6.07, 6.45) is -0.649. The number of benzene rings is 1. The minimum Gasteiger partial charge on any atom is -0.453 e. The summed E-state index contributed by atoms with van der Waals surface area (Å²) < 4.78 is 4.37. The Morgan fingerprint density at radius 3 is 2.75 bits per heavy atom. The van der Waals surface area contributed by atoms with Gasteiger partial charge in [-0.05, 0) is 0 Å². The Morgan fingerprint density at radius 1 is 1.30 bits per heavy atom. The van der Waals surface area contributed by atoms with Crippen LogP contribution in [0, 0.1) is 0 Å². The largest absolute Gasteiger partial charge is 0.453 e. The molecule has 0 saturated carbocycles. The van der Waals surface area contributed by atoms with Crippen molar-refractivity contribution in [3.63, 3.8) is 0 Å². The fourth-order valence-corrected chi connectivity index (χ4v) is 2.20. The second kappa shape index (κ2) is 6.67. The molecule has 2 N–H and O–H groups in total. The van der Waals surface area contributed by atoms with Crippen molar-refractivity contribution >= 4 is 28.5 Å². The van der Waals surface area contributed by atoms with Gasteiger partial charge in [0.15, 0.2) is 5.13 Å². The monoisotopic (exact) mass is 291 g/mol. The molecule has 2 amide bonds. The Balaban J connectivity index is 1.93. The minimum absolute atomic E-state index is 0.160. The van der Waals surface area contributed by atoms with Crippen molar-refractivity contribution in [1.82, 2.24) is 10.3 Å². The van der Waals surface area contributed by atoms with Crippen LogP contribution < -0.4 is 10.6 Å². The van der Waals surface area contributed by atoms with Gasteiger partial charge in [0.2, 0.25) is 5.91 Å². The van der Waals surface area contributed by atoms with Crippen LogP contribution in [-0.2, 0) is 9.53 Å². The van der Waals surface area contributed by atoms with E-state index in [1.807, 2.05) is 35.7 Å². The number of hydrogen-bond donors (Lipinski definition) is 2. The second-order valence-corrected chi connectivity index (χ2v) is 4.66. The third kappa shape index (κ3) is 3.79. The molecule has 1 heterocycles. The summed E-state index contributed by atoms with van der Waals surface area (Å²) in [7, 11) is 1.24. The van der Waals surface area contributed by atoms with E-state index in [4.69, 9.17) is 0 Å². The summed E-state index contributed by atoms with van der Waals surface area (Å²) in [5, 5.41) is 7.25. The molecule has 0 aliphatic rings. The number of alkyl carbamates (subject to hydrolysis) is 1. The number of carbonyl (C=O) groups excluding carboxylic acids is 2. The Kier molecular flexibility index (Phi) is 4.67. The number of hydrogen-bond acceptors (Lipinski definition) is 5. The predicted octanol–water partition coefficient (Wildman–Crippen LogP) is 2.10. The summed E-state index contributed by atoms with van der Waals surface area (Å²) in [4.78, 5) is 26.7. The summed E-state index contributed by atoms with van der Waals surface area (Å²) in [5.74, 6) is -0.357. The highest BCUT2D eigenvalue weighted by molar-refractivity contribution is 7.14. The number of thiazole rings is 1. The maximum absolute atomic E-state index is 11.6. The van der Waals surface area contributed by atoms with E-state index in [0.29, 0.717) is 5.13 Å². The van der Waals surface area contributed by atoms with Crippen molar-refractivity contribution in [2.75, 3.05) is 19.0 Å². The summed E-state index contributed by atoms with van der Waals surface area (Å²) in [6.45, 7) is -0.160. The van der Waals surface area contributed by atoms with Gasteiger partial charge in [-0.1, -0.05) is 30.3 Å². The van der Waals surface area contributed by atoms with Crippen LogP contribution in [0.15, 0.2) is 35.7 Å². The molecule has 0 unspecified atom stereocenters. The van der Waals surface area contributed by atoms with E-state index in [-0.39, 0.29) is 12.5 Å². The zero-order chi connectivity index (χ0) is 14.4. The molecule has 0 spiro atoms. The van der Waals surface area contributed by atoms with Gasteiger partial charge in [-0.15, -0.1) is 11.3 Å². The Hall–Kier alpha value is -2.41. The molecular weight excluding hydrogens is 278 g/mol. The van der Waals surface area contributed by atoms with Crippen LogP contribution in [-0.4, -0.2) is 30.6 Å². The summed E-state index contributed by atoms with van der Waals surface area (Å²) in [5.41, 5.74) is 1.78. The van der Waals surface area contributed by atoms with Gasteiger partial charge >= 0.3 is 6.09 Å². The molecule has 104 valence electrons. The van der Waals surface area contributed by atoms with E-state index >= 15 is 0 Å². The highest BCUT2D eigenvalue weighted by Gasteiger charge is 2.09. The summed E-state index contributed by atoms with van der Waals surface area (Å²) >= 11 is 1.33. The van der Waals surface area contributed by atoms with Gasteiger partial charge in [0.25, 0.3) is 0 Å². The van der Waals surface area contributed by atoms with Crippen molar-refractivity contribution in [3.05, 3.63) is 35.7 Å². The van der Waals surface area contributed by atoms with Crippen LogP contribution in [0.3, 0.4) is 0 Å². The lowest BCUT2D eigenvalue weighted by Crippen LogP contribution is -2.32. The molecule has 0 bridgehead atoms. The van der Waals surface area contributed by atoms with Gasteiger partial charge in [-0.2, -0.15) is 0 Å². The Labute approximate surface area is 119 Å². The zero-order valence-corrected chi connectivity index (χ0v) is 11.6. The molecule has 2 rings (SSSR count). The first-order valence-corrected chi connectivity index (χ1v) is 6.69. The molecule has 0 aliphatic heterocycles. The van der Waals surface area contributed by atoms with E-state index < -0.39 is 6.09 Å². The topological polar surface area (TPSA) is 80.3 Å². The lowest BCUT2D eigenvalue weighted by atomic mass is 10.2. The van der Waals surface area contributed by atoms with Gasteiger partial charge in [0.05, 0.1) is 12.8 Å². The normalized spacial score (nSPS) is 9.85. The lowest BCUT2D eigenvalue weighted by molar-refractivity contribution is -0.115. The highest BCUT2D eigenvalue weighted by Crippen LogP contribution is 2.24. The van der Waals surface area contributed by atoms with Crippen molar-refractivity contribution in [2.24, 2.45) is 0 Å². The van der Waals surface area contributed by atoms with Gasteiger partial charge < -0.3 is 15.4 Å². The van der Waals surface area contributed by atoms with Crippen molar-refractivity contribution in [1.29, 1.82) is 0 Å². The van der Waals surface area contributed by atoms with Gasteiger partial charge in [0.1, 0.15) is 6.54 Å². The molecule has 2 aromatic rings. The first-order chi connectivity index (χ1) is 9.69. The van der Waals surface area contributed by atoms with Gasteiger partial charge in [0, 0.05) is 10.9 Å². The smallest absolute Gasteiger partial charge is 0.407 e. The molecule has 20 heavy (non-hydrogen) atoms. The van der Waals surface area contributed by atoms with Crippen LogP contribution in [0.1, 0.15) is 0 Å². The second-order valence-electron chi connectivity index (χ2n) is 3.80. The molecular formula is C13H13N3O3S. The molecule has 1 aromatic heterocycles. The van der Waals surface area contributed by atoms with Gasteiger partial charge in [-0.25, -0.2) is 9.78 Å². The van der Waals surface area contributed by atoms with E-state index in [2.05, 4.69) is 20.4 Å². The van der Waals surface area contributed by atoms with E-state index in [0.717, 1.165) is 11.3 Å². The number of nitrogens with zero attached hydrogens (tertiary/aromatic N) is 1. The first-order valence-electron chi connectivity index (χ1n) is 5.81. The first kappa shape index (κ1) is 14.0. The van der Waals surface area contributed by atoms with Crippen LogP contribution >= 0.6 is 11.3 Å². The number of rotatable bonds is 4. The molecule has 0 fully saturated rings.